The SMILES string of the molecule is Cl.O=C(Nc1ccc(F)c(Br)c1)C1CCCCN1. The Bertz CT molecular complexity index is 425. The summed E-state index contributed by atoms with van der Waals surface area (Å²) in [4.78, 5) is 11.9. The highest BCUT2D eigenvalue weighted by atomic mass is 79.9. The van der Waals surface area contributed by atoms with Crippen molar-refractivity contribution >= 4 is 39.9 Å². The van der Waals surface area contributed by atoms with E-state index in [1.807, 2.05) is 0 Å². The van der Waals surface area contributed by atoms with Crippen molar-refractivity contribution < 1.29 is 9.18 Å². The van der Waals surface area contributed by atoms with Crippen molar-refractivity contribution in [2.45, 2.75) is 25.3 Å². The topological polar surface area (TPSA) is 41.1 Å². The summed E-state index contributed by atoms with van der Waals surface area (Å²) in [5.74, 6) is -0.387. The Morgan fingerprint density at radius 3 is 2.83 bits per heavy atom. The largest absolute Gasteiger partial charge is 0.325 e. The van der Waals surface area contributed by atoms with Crippen LogP contribution < -0.4 is 10.6 Å². The molecule has 1 amide bonds. The minimum atomic E-state index is -0.334. The summed E-state index contributed by atoms with van der Waals surface area (Å²) in [6.07, 6.45) is 3.04. The molecule has 2 rings (SSSR count). The molecule has 1 saturated heterocycles. The summed E-state index contributed by atoms with van der Waals surface area (Å²) in [5.41, 5.74) is 0.607. The lowest BCUT2D eigenvalue weighted by atomic mass is 10.0. The molecule has 18 heavy (non-hydrogen) atoms. The van der Waals surface area contributed by atoms with E-state index >= 15 is 0 Å². The number of nitrogens with one attached hydrogen (secondary N) is 2. The molecule has 3 nitrogen and oxygen atoms in total. The Kier molecular flexibility index (Phi) is 6.05. The first kappa shape index (κ1) is 15.4. The molecule has 1 unspecified atom stereocenters. The molecule has 1 fully saturated rings. The highest BCUT2D eigenvalue weighted by Gasteiger charge is 2.20. The summed E-state index contributed by atoms with van der Waals surface area (Å²) < 4.78 is 13.4. The van der Waals surface area contributed by atoms with Crippen molar-refractivity contribution in [3.8, 4) is 0 Å². The van der Waals surface area contributed by atoms with Gasteiger partial charge in [0.1, 0.15) is 5.82 Å². The fourth-order valence-electron chi connectivity index (χ4n) is 1.88. The maximum atomic E-state index is 13.0. The summed E-state index contributed by atoms with van der Waals surface area (Å²) >= 11 is 3.09. The number of carbonyl (C=O) groups excluding carboxylic acids is 1. The molecule has 0 radical (unpaired) electrons. The van der Waals surface area contributed by atoms with Crippen LogP contribution in [0.2, 0.25) is 0 Å². The second kappa shape index (κ2) is 7.07. The zero-order valence-electron chi connectivity index (χ0n) is 9.71. The fraction of sp³-hybridized carbons (Fsp3) is 0.417. The number of carbonyl (C=O) groups is 1. The van der Waals surface area contributed by atoms with Crippen LogP contribution in [-0.4, -0.2) is 18.5 Å². The molecule has 1 heterocycles. The Hall–Kier alpha value is -0.650. The van der Waals surface area contributed by atoms with Crippen LogP contribution in [0.4, 0.5) is 10.1 Å². The van der Waals surface area contributed by atoms with E-state index in [1.54, 1.807) is 12.1 Å². The van der Waals surface area contributed by atoms with Gasteiger partial charge in [-0.25, -0.2) is 4.39 Å². The molecule has 0 aliphatic carbocycles. The standard InChI is InChI=1S/C12H14BrFN2O.ClH/c13-9-7-8(4-5-10(9)14)16-12(17)11-3-1-2-6-15-11;/h4-5,7,11,15H,1-3,6H2,(H,16,17);1H. The quantitative estimate of drug-likeness (QED) is 0.871. The minimum absolute atomic E-state index is 0. The summed E-state index contributed by atoms with van der Waals surface area (Å²) in [6, 6.07) is 4.32. The van der Waals surface area contributed by atoms with E-state index in [0.29, 0.717) is 10.2 Å². The average molecular weight is 338 g/mol. The van der Waals surface area contributed by atoms with Gasteiger partial charge in [0.25, 0.3) is 0 Å². The zero-order chi connectivity index (χ0) is 12.3. The number of benzene rings is 1. The first-order chi connectivity index (χ1) is 8.16. The van der Waals surface area contributed by atoms with E-state index in [0.717, 1.165) is 25.8 Å². The van der Waals surface area contributed by atoms with Gasteiger partial charge in [-0.05, 0) is 53.5 Å². The van der Waals surface area contributed by atoms with Crippen LogP contribution in [0.5, 0.6) is 0 Å². The molecule has 0 saturated carbocycles. The van der Waals surface area contributed by atoms with Crippen LogP contribution in [0.1, 0.15) is 19.3 Å². The lowest BCUT2D eigenvalue weighted by Crippen LogP contribution is -2.43. The molecule has 2 N–H and O–H groups in total. The fourth-order valence-corrected chi connectivity index (χ4v) is 2.26. The highest BCUT2D eigenvalue weighted by molar-refractivity contribution is 9.10. The molecular formula is C12H15BrClFN2O. The van der Waals surface area contributed by atoms with Crippen molar-refractivity contribution in [1.82, 2.24) is 5.32 Å². The average Bonchev–Trinajstić information content (AvgIpc) is 2.35. The molecule has 1 aromatic rings. The molecule has 0 bridgehead atoms. The molecule has 0 spiro atoms. The highest BCUT2D eigenvalue weighted by Crippen LogP contribution is 2.20. The number of hydrogen-bond acceptors (Lipinski definition) is 2. The van der Waals surface area contributed by atoms with Crippen LogP contribution in [0.25, 0.3) is 0 Å². The first-order valence-electron chi connectivity index (χ1n) is 5.66. The van der Waals surface area contributed by atoms with Crippen molar-refractivity contribution in [3.05, 3.63) is 28.5 Å². The molecule has 0 aromatic heterocycles. The van der Waals surface area contributed by atoms with Gasteiger partial charge in [-0.3, -0.25) is 4.79 Å². The third kappa shape index (κ3) is 3.93. The second-order valence-corrected chi connectivity index (χ2v) is 4.97. The molecule has 1 atom stereocenters. The van der Waals surface area contributed by atoms with Gasteiger partial charge in [-0.15, -0.1) is 12.4 Å². The molecule has 6 heteroatoms. The predicted octanol–water partition coefficient (Wildman–Crippen LogP) is 3.09. The number of amides is 1. The summed E-state index contributed by atoms with van der Waals surface area (Å²) in [6.45, 7) is 0.880. The zero-order valence-corrected chi connectivity index (χ0v) is 12.1. The monoisotopic (exact) mass is 336 g/mol. The Labute approximate surface area is 120 Å². The van der Waals surface area contributed by atoms with E-state index in [1.165, 1.54) is 6.07 Å². The third-order valence-electron chi connectivity index (χ3n) is 2.81. The normalized spacial score (nSPS) is 18.9. The first-order valence-corrected chi connectivity index (χ1v) is 6.45. The second-order valence-electron chi connectivity index (χ2n) is 4.12. The van der Waals surface area contributed by atoms with Crippen molar-refractivity contribution in [2.75, 3.05) is 11.9 Å². The predicted molar refractivity (Wildman–Crippen MR) is 75.6 cm³/mol. The summed E-state index contributed by atoms with van der Waals surface area (Å²) in [5, 5.41) is 5.95. The number of hydrogen-bond donors (Lipinski definition) is 2. The Morgan fingerprint density at radius 2 is 2.22 bits per heavy atom. The van der Waals surface area contributed by atoms with E-state index in [9.17, 15) is 9.18 Å². The Balaban J connectivity index is 0.00000162. The van der Waals surface area contributed by atoms with E-state index in [-0.39, 0.29) is 30.2 Å². The van der Waals surface area contributed by atoms with Gasteiger partial charge in [0.05, 0.1) is 10.5 Å². The lowest BCUT2D eigenvalue weighted by molar-refractivity contribution is -0.118. The van der Waals surface area contributed by atoms with Crippen LogP contribution in [0.15, 0.2) is 22.7 Å². The Morgan fingerprint density at radius 1 is 1.44 bits per heavy atom. The van der Waals surface area contributed by atoms with Crippen molar-refractivity contribution in [2.24, 2.45) is 0 Å². The van der Waals surface area contributed by atoms with Gasteiger partial charge < -0.3 is 10.6 Å². The number of anilines is 1. The number of piperidine rings is 1. The smallest absolute Gasteiger partial charge is 0.241 e. The van der Waals surface area contributed by atoms with Gasteiger partial charge in [-0.1, -0.05) is 6.42 Å². The minimum Gasteiger partial charge on any atom is -0.325 e. The molecule has 100 valence electrons. The van der Waals surface area contributed by atoms with Crippen LogP contribution in [0.3, 0.4) is 0 Å². The maximum Gasteiger partial charge on any atom is 0.241 e. The molecule has 1 aromatic carbocycles. The van der Waals surface area contributed by atoms with Crippen LogP contribution in [0, 0.1) is 5.82 Å². The molecule has 1 aliphatic rings. The van der Waals surface area contributed by atoms with Crippen molar-refractivity contribution in [3.63, 3.8) is 0 Å². The van der Waals surface area contributed by atoms with Gasteiger partial charge >= 0.3 is 0 Å². The maximum absolute atomic E-state index is 13.0. The van der Waals surface area contributed by atoms with Gasteiger partial charge in [0.2, 0.25) is 5.91 Å². The number of halogens is 3. The van der Waals surface area contributed by atoms with Crippen LogP contribution >= 0.6 is 28.3 Å². The molecule has 1 aliphatic heterocycles. The van der Waals surface area contributed by atoms with Crippen molar-refractivity contribution in [1.29, 1.82) is 0 Å². The lowest BCUT2D eigenvalue weighted by Gasteiger charge is -2.22. The van der Waals surface area contributed by atoms with E-state index in [4.69, 9.17) is 0 Å². The summed E-state index contributed by atoms with van der Waals surface area (Å²) in [7, 11) is 0. The molecular weight excluding hydrogens is 323 g/mol. The third-order valence-corrected chi connectivity index (χ3v) is 3.42. The van der Waals surface area contributed by atoms with Gasteiger partial charge in [0, 0.05) is 5.69 Å². The van der Waals surface area contributed by atoms with Gasteiger partial charge in [-0.2, -0.15) is 0 Å². The number of rotatable bonds is 2. The van der Waals surface area contributed by atoms with Crippen LogP contribution in [-0.2, 0) is 4.79 Å². The van der Waals surface area contributed by atoms with Gasteiger partial charge in [0.15, 0.2) is 0 Å². The van der Waals surface area contributed by atoms with E-state index < -0.39 is 0 Å². The van der Waals surface area contributed by atoms with E-state index in [2.05, 4.69) is 26.6 Å².